The van der Waals surface area contributed by atoms with Crippen molar-refractivity contribution in [2.45, 2.75) is 26.7 Å². The Hall–Kier alpha value is -2.57. The Bertz CT molecular complexity index is 628. The van der Waals surface area contributed by atoms with E-state index < -0.39 is 5.91 Å². The van der Waals surface area contributed by atoms with Crippen molar-refractivity contribution < 1.29 is 4.79 Å². The molecule has 0 radical (unpaired) electrons. The molecule has 0 fully saturated rings. The van der Waals surface area contributed by atoms with Gasteiger partial charge in [-0.1, -0.05) is 13.8 Å². The minimum atomic E-state index is -0.399. The van der Waals surface area contributed by atoms with Crippen LogP contribution in [0.2, 0.25) is 0 Å². The number of carbonyl (C=O) groups excluding carboxylic acids is 1. The fourth-order valence-corrected chi connectivity index (χ4v) is 1.75. The predicted molar refractivity (Wildman–Crippen MR) is 75.2 cm³/mol. The molecule has 2 rings (SSSR count). The number of anilines is 2. The molecule has 3 N–H and O–H groups in total. The van der Waals surface area contributed by atoms with Gasteiger partial charge in [0.1, 0.15) is 0 Å². The van der Waals surface area contributed by atoms with Gasteiger partial charge in [-0.3, -0.25) is 15.1 Å². The van der Waals surface area contributed by atoms with Gasteiger partial charge in [-0.25, -0.2) is 4.98 Å². The van der Waals surface area contributed by atoms with Gasteiger partial charge in [-0.05, 0) is 18.9 Å². The Kier molecular flexibility index (Phi) is 4.19. The van der Waals surface area contributed by atoms with E-state index in [9.17, 15) is 4.79 Å². The van der Waals surface area contributed by atoms with E-state index in [0.717, 1.165) is 24.2 Å². The third-order valence-corrected chi connectivity index (χ3v) is 2.83. The summed E-state index contributed by atoms with van der Waals surface area (Å²) in [5.74, 6) is -0.226. The Morgan fingerprint density at radius 2 is 2.00 bits per heavy atom. The highest BCUT2D eigenvalue weighted by atomic mass is 16.1. The number of nitrogens with two attached hydrogens (primary N) is 1. The Morgan fingerprint density at radius 1 is 1.25 bits per heavy atom. The number of nitrogens with zero attached hydrogens (tertiary/aromatic N) is 4. The van der Waals surface area contributed by atoms with E-state index in [2.05, 4.69) is 25.5 Å². The standard InChI is InChI=1S/C13H16N6O/c1-3-10-11(4-2)18-19-13(16-10)17-12(20)8-7-15-6-5-9(8)14/h5-7H,3-4H2,1-2H3,(H2,14,15)(H,16,17,19,20). The second-order valence-corrected chi connectivity index (χ2v) is 4.15. The van der Waals surface area contributed by atoms with Crippen molar-refractivity contribution >= 4 is 17.5 Å². The molecule has 0 saturated heterocycles. The lowest BCUT2D eigenvalue weighted by Crippen LogP contribution is -2.18. The first kappa shape index (κ1) is 13.9. The highest BCUT2D eigenvalue weighted by Gasteiger charge is 2.13. The van der Waals surface area contributed by atoms with Gasteiger partial charge in [0.05, 0.1) is 17.0 Å². The maximum Gasteiger partial charge on any atom is 0.261 e. The molecular formula is C13H16N6O. The molecule has 0 aromatic carbocycles. The van der Waals surface area contributed by atoms with Crippen LogP contribution in [-0.2, 0) is 12.8 Å². The van der Waals surface area contributed by atoms with E-state index in [4.69, 9.17) is 5.73 Å². The van der Waals surface area contributed by atoms with Crippen molar-refractivity contribution in [2.75, 3.05) is 11.1 Å². The molecule has 0 atom stereocenters. The van der Waals surface area contributed by atoms with Crippen LogP contribution in [0.4, 0.5) is 11.6 Å². The van der Waals surface area contributed by atoms with E-state index in [1.807, 2.05) is 13.8 Å². The molecule has 0 unspecified atom stereocenters. The van der Waals surface area contributed by atoms with Gasteiger partial charge < -0.3 is 5.73 Å². The van der Waals surface area contributed by atoms with Gasteiger partial charge in [0.15, 0.2) is 0 Å². The number of hydrogen-bond acceptors (Lipinski definition) is 6. The molecule has 2 heterocycles. The van der Waals surface area contributed by atoms with E-state index in [1.165, 1.54) is 12.4 Å². The van der Waals surface area contributed by atoms with Crippen LogP contribution in [0.15, 0.2) is 18.5 Å². The normalized spacial score (nSPS) is 10.3. The lowest BCUT2D eigenvalue weighted by Gasteiger charge is -2.07. The zero-order valence-electron chi connectivity index (χ0n) is 11.4. The number of hydrogen-bond donors (Lipinski definition) is 2. The summed E-state index contributed by atoms with van der Waals surface area (Å²) in [6.45, 7) is 3.97. The summed E-state index contributed by atoms with van der Waals surface area (Å²) >= 11 is 0. The number of nitrogens with one attached hydrogen (secondary N) is 1. The van der Waals surface area contributed by atoms with Crippen molar-refractivity contribution in [1.29, 1.82) is 0 Å². The van der Waals surface area contributed by atoms with E-state index in [-0.39, 0.29) is 11.5 Å². The monoisotopic (exact) mass is 272 g/mol. The third-order valence-electron chi connectivity index (χ3n) is 2.83. The zero-order chi connectivity index (χ0) is 14.5. The molecule has 104 valence electrons. The third kappa shape index (κ3) is 2.87. The van der Waals surface area contributed by atoms with Crippen molar-refractivity contribution in [3.8, 4) is 0 Å². The number of amides is 1. The molecule has 20 heavy (non-hydrogen) atoms. The minimum absolute atomic E-state index is 0.173. The second-order valence-electron chi connectivity index (χ2n) is 4.15. The quantitative estimate of drug-likeness (QED) is 0.866. The number of aryl methyl sites for hydroxylation is 2. The summed E-state index contributed by atoms with van der Waals surface area (Å²) in [4.78, 5) is 20.2. The van der Waals surface area contributed by atoms with Gasteiger partial charge in [0.2, 0.25) is 5.95 Å². The van der Waals surface area contributed by atoms with Crippen LogP contribution in [0.1, 0.15) is 35.6 Å². The highest BCUT2D eigenvalue weighted by molar-refractivity contribution is 6.06. The number of aromatic nitrogens is 4. The van der Waals surface area contributed by atoms with Gasteiger partial charge in [-0.2, -0.15) is 0 Å². The van der Waals surface area contributed by atoms with Gasteiger partial charge in [-0.15, -0.1) is 10.2 Å². The maximum absolute atomic E-state index is 12.1. The van der Waals surface area contributed by atoms with Gasteiger partial charge in [0, 0.05) is 18.1 Å². The van der Waals surface area contributed by atoms with Crippen molar-refractivity contribution in [1.82, 2.24) is 20.2 Å². The second kappa shape index (κ2) is 6.05. The fraction of sp³-hybridized carbons (Fsp3) is 0.308. The average Bonchev–Trinajstić information content (AvgIpc) is 2.47. The Labute approximate surface area is 116 Å². The first-order valence-corrected chi connectivity index (χ1v) is 6.39. The number of nitrogen functional groups attached to an aromatic ring is 1. The molecule has 0 spiro atoms. The SMILES string of the molecule is CCc1nnc(NC(=O)c2cnccc2N)nc1CC. The van der Waals surface area contributed by atoms with E-state index >= 15 is 0 Å². The van der Waals surface area contributed by atoms with E-state index in [1.54, 1.807) is 6.07 Å². The Morgan fingerprint density at radius 3 is 2.65 bits per heavy atom. The molecule has 2 aromatic rings. The lowest BCUT2D eigenvalue weighted by molar-refractivity contribution is 0.102. The summed E-state index contributed by atoms with van der Waals surface area (Å²) in [5.41, 5.74) is 8.03. The number of pyridine rings is 1. The first-order valence-electron chi connectivity index (χ1n) is 6.39. The van der Waals surface area contributed by atoms with Crippen LogP contribution in [0, 0.1) is 0 Å². The zero-order valence-corrected chi connectivity index (χ0v) is 11.4. The summed E-state index contributed by atoms with van der Waals surface area (Å²) in [5, 5.41) is 10.5. The predicted octanol–water partition coefficient (Wildman–Crippen LogP) is 1.23. The van der Waals surface area contributed by atoms with E-state index in [0.29, 0.717) is 5.69 Å². The van der Waals surface area contributed by atoms with Crippen molar-refractivity contribution in [2.24, 2.45) is 0 Å². The summed E-state index contributed by atoms with van der Waals surface area (Å²) in [7, 11) is 0. The summed E-state index contributed by atoms with van der Waals surface area (Å²) in [6, 6.07) is 1.56. The maximum atomic E-state index is 12.1. The fourth-order valence-electron chi connectivity index (χ4n) is 1.75. The topological polar surface area (TPSA) is 107 Å². The molecule has 0 aliphatic carbocycles. The van der Waals surface area contributed by atoms with Crippen LogP contribution in [-0.4, -0.2) is 26.1 Å². The molecular weight excluding hydrogens is 256 g/mol. The van der Waals surface area contributed by atoms with Gasteiger partial charge in [0.25, 0.3) is 5.91 Å². The molecule has 1 amide bonds. The van der Waals surface area contributed by atoms with Crippen LogP contribution in [0.25, 0.3) is 0 Å². The number of rotatable bonds is 4. The molecule has 0 aliphatic heterocycles. The van der Waals surface area contributed by atoms with Crippen LogP contribution in [0.3, 0.4) is 0 Å². The number of carbonyl (C=O) groups is 1. The first-order chi connectivity index (χ1) is 9.65. The average molecular weight is 272 g/mol. The summed E-state index contributed by atoms with van der Waals surface area (Å²) in [6.07, 6.45) is 4.41. The Balaban J connectivity index is 2.22. The molecule has 7 nitrogen and oxygen atoms in total. The molecule has 7 heteroatoms. The van der Waals surface area contributed by atoms with Gasteiger partial charge >= 0.3 is 0 Å². The molecule has 0 bridgehead atoms. The molecule has 0 saturated carbocycles. The van der Waals surface area contributed by atoms with Crippen LogP contribution < -0.4 is 11.1 Å². The van der Waals surface area contributed by atoms with Crippen molar-refractivity contribution in [3.05, 3.63) is 35.4 Å². The lowest BCUT2D eigenvalue weighted by atomic mass is 10.2. The largest absolute Gasteiger partial charge is 0.398 e. The smallest absolute Gasteiger partial charge is 0.261 e. The highest BCUT2D eigenvalue weighted by Crippen LogP contribution is 2.12. The summed E-state index contributed by atoms with van der Waals surface area (Å²) < 4.78 is 0. The molecule has 2 aromatic heterocycles. The minimum Gasteiger partial charge on any atom is -0.398 e. The van der Waals surface area contributed by atoms with Crippen LogP contribution in [0.5, 0.6) is 0 Å². The molecule has 0 aliphatic rings. The van der Waals surface area contributed by atoms with Crippen LogP contribution >= 0.6 is 0 Å². The van der Waals surface area contributed by atoms with Crippen molar-refractivity contribution in [3.63, 3.8) is 0 Å².